The number of nitrogens with zero attached hydrogens (tertiary/aromatic N) is 2. The lowest BCUT2D eigenvalue weighted by Crippen LogP contribution is -2.31. The molecular weight excluding hydrogens is 492 g/mol. The number of carbonyl (C=O) groups is 1. The first-order valence-electron chi connectivity index (χ1n) is 11.0. The third-order valence-electron chi connectivity index (χ3n) is 5.64. The van der Waals surface area contributed by atoms with Gasteiger partial charge < -0.3 is 18.9 Å². The molecule has 0 aliphatic rings. The summed E-state index contributed by atoms with van der Waals surface area (Å²) in [6.45, 7) is 1.69. The maximum absolute atomic E-state index is 13.7. The van der Waals surface area contributed by atoms with Crippen LogP contribution in [0.25, 0.3) is 0 Å². The molecule has 1 heterocycles. The number of aromatic nitrogens is 1. The van der Waals surface area contributed by atoms with Crippen molar-refractivity contribution in [2.75, 3.05) is 14.2 Å². The van der Waals surface area contributed by atoms with Gasteiger partial charge in [-0.3, -0.25) is 4.79 Å². The highest BCUT2D eigenvalue weighted by atomic mass is 79.9. The van der Waals surface area contributed by atoms with Crippen molar-refractivity contribution < 1.29 is 14.3 Å². The van der Waals surface area contributed by atoms with E-state index in [1.807, 2.05) is 53.4 Å². The van der Waals surface area contributed by atoms with Crippen LogP contribution < -0.4 is 9.47 Å². The molecule has 0 fully saturated rings. The molecule has 5 nitrogen and oxygen atoms in total. The Balaban J connectivity index is 1.63. The Morgan fingerprint density at radius 1 is 0.824 bits per heavy atom. The monoisotopic (exact) mass is 518 g/mol. The molecule has 1 aromatic heterocycles. The molecule has 0 aliphatic heterocycles. The van der Waals surface area contributed by atoms with Gasteiger partial charge in [0.1, 0.15) is 11.5 Å². The number of halogens is 1. The van der Waals surface area contributed by atoms with Gasteiger partial charge in [0.05, 0.1) is 20.8 Å². The summed E-state index contributed by atoms with van der Waals surface area (Å²) in [5.41, 5.74) is 3.84. The molecule has 0 aliphatic carbocycles. The second kappa shape index (κ2) is 11.1. The molecule has 0 N–H and O–H groups in total. The zero-order chi connectivity index (χ0) is 23.9. The van der Waals surface area contributed by atoms with Gasteiger partial charge in [-0.15, -0.1) is 0 Å². The van der Waals surface area contributed by atoms with Crippen LogP contribution in [-0.2, 0) is 19.6 Å². The highest BCUT2D eigenvalue weighted by molar-refractivity contribution is 9.10. The summed E-state index contributed by atoms with van der Waals surface area (Å²) in [5, 5.41) is 0. The average molecular weight is 519 g/mol. The summed E-state index contributed by atoms with van der Waals surface area (Å²) >= 11 is 3.49. The fraction of sp³-hybridized carbons (Fsp3) is 0.179. The minimum absolute atomic E-state index is 0.0857. The number of carbonyl (C=O) groups excluding carboxylic acids is 1. The second-order valence-corrected chi connectivity index (χ2v) is 8.92. The van der Waals surface area contributed by atoms with Crippen LogP contribution >= 0.6 is 15.9 Å². The molecule has 0 saturated heterocycles. The molecule has 0 unspecified atom stereocenters. The molecule has 0 radical (unpaired) electrons. The van der Waals surface area contributed by atoms with E-state index in [2.05, 4.69) is 44.9 Å². The summed E-state index contributed by atoms with van der Waals surface area (Å²) in [6.07, 6.45) is 2.05. The summed E-state index contributed by atoms with van der Waals surface area (Å²) in [7, 11) is 3.17. The minimum Gasteiger partial charge on any atom is -0.497 e. The van der Waals surface area contributed by atoms with Crippen molar-refractivity contribution >= 4 is 21.8 Å². The van der Waals surface area contributed by atoms with Crippen LogP contribution in [-0.4, -0.2) is 29.6 Å². The number of methoxy groups -OCH3 is 2. The standard InChI is InChI=1S/C28H27BrN2O3/c1-33-26-15-23(16-27(17-26)34-2)28(32)31(19-21-7-4-3-5-8-21)20-25-9-6-14-30(25)18-22-10-12-24(29)13-11-22/h3-17H,18-20H2,1-2H3. The van der Waals surface area contributed by atoms with E-state index < -0.39 is 0 Å². The third kappa shape index (κ3) is 5.88. The van der Waals surface area contributed by atoms with Crippen molar-refractivity contribution in [2.24, 2.45) is 0 Å². The zero-order valence-corrected chi connectivity index (χ0v) is 20.9. The quantitative estimate of drug-likeness (QED) is 0.266. The molecular formula is C28H27BrN2O3. The Morgan fingerprint density at radius 2 is 1.50 bits per heavy atom. The molecule has 34 heavy (non-hydrogen) atoms. The first-order valence-corrected chi connectivity index (χ1v) is 11.8. The van der Waals surface area contributed by atoms with Crippen LogP contribution in [0.3, 0.4) is 0 Å². The van der Waals surface area contributed by atoms with Gasteiger partial charge in [0.2, 0.25) is 0 Å². The molecule has 174 valence electrons. The Morgan fingerprint density at radius 3 is 2.15 bits per heavy atom. The first-order chi connectivity index (χ1) is 16.6. The van der Waals surface area contributed by atoms with Crippen molar-refractivity contribution in [2.45, 2.75) is 19.6 Å². The number of ether oxygens (including phenoxy) is 2. The fourth-order valence-corrected chi connectivity index (χ4v) is 4.11. The second-order valence-electron chi connectivity index (χ2n) is 8.00. The van der Waals surface area contributed by atoms with Crippen LogP contribution in [0.5, 0.6) is 11.5 Å². The van der Waals surface area contributed by atoms with Crippen molar-refractivity contribution in [1.29, 1.82) is 0 Å². The SMILES string of the molecule is COc1cc(OC)cc(C(=O)N(Cc2ccccc2)Cc2cccn2Cc2ccc(Br)cc2)c1. The predicted octanol–water partition coefficient (Wildman–Crippen LogP) is 6.16. The van der Waals surface area contributed by atoms with Gasteiger partial charge in [-0.1, -0.05) is 58.4 Å². The molecule has 4 aromatic rings. The number of rotatable bonds is 9. The summed E-state index contributed by atoms with van der Waals surface area (Å²) in [6, 6.07) is 27.7. The van der Waals surface area contributed by atoms with E-state index in [-0.39, 0.29) is 5.91 Å². The molecule has 0 saturated carbocycles. The van der Waals surface area contributed by atoms with Gasteiger partial charge in [0.15, 0.2) is 0 Å². The smallest absolute Gasteiger partial charge is 0.254 e. The lowest BCUT2D eigenvalue weighted by molar-refractivity contribution is 0.0725. The number of amides is 1. The van der Waals surface area contributed by atoms with Crippen molar-refractivity contribution in [3.8, 4) is 11.5 Å². The topological polar surface area (TPSA) is 43.7 Å². The Bertz CT molecular complexity index is 1210. The van der Waals surface area contributed by atoms with Gasteiger partial charge in [-0.25, -0.2) is 0 Å². The summed E-state index contributed by atoms with van der Waals surface area (Å²) in [4.78, 5) is 15.6. The predicted molar refractivity (Wildman–Crippen MR) is 137 cm³/mol. The Labute approximate surface area is 208 Å². The van der Waals surface area contributed by atoms with Crippen LogP contribution in [0.4, 0.5) is 0 Å². The minimum atomic E-state index is -0.0857. The largest absolute Gasteiger partial charge is 0.497 e. The summed E-state index contributed by atoms with van der Waals surface area (Å²) in [5.74, 6) is 1.08. The van der Waals surface area contributed by atoms with Gasteiger partial charge in [0.25, 0.3) is 5.91 Å². The number of hydrogen-bond donors (Lipinski definition) is 0. The fourth-order valence-electron chi connectivity index (χ4n) is 3.85. The van der Waals surface area contributed by atoms with Crippen LogP contribution in [0, 0.1) is 0 Å². The van der Waals surface area contributed by atoms with Crippen LogP contribution in [0.2, 0.25) is 0 Å². The maximum Gasteiger partial charge on any atom is 0.254 e. The van der Waals surface area contributed by atoms with Gasteiger partial charge >= 0.3 is 0 Å². The van der Waals surface area contributed by atoms with Crippen LogP contribution in [0.1, 0.15) is 27.2 Å². The van der Waals surface area contributed by atoms with E-state index in [1.165, 1.54) is 5.56 Å². The normalized spacial score (nSPS) is 10.7. The number of hydrogen-bond acceptors (Lipinski definition) is 3. The first kappa shape index (κ1) is 23.6. The molecule has 3 aromatic carbocycles. The molecule has 4 rings (SSSR count). The van der Waals surface area contributed by atoms with E-state index in [0.29, 0.717) is 30.2 Å². The van der Waals surface area contributed by atoms with Crippen molar-refractivity contribution in [3.05, 3.63) is 118 Å². The van der Waals surface area contributed by atoms with Crippen molar-refractivity contribution in [1.82, 2.24) is 9.47 Å². The highest BCUT2D eigenvalue weighted by Gasteiger charge is 2.20. The average Bonchev–Trinajstić information content (AvgIpc) is 3.31. The molecule has 0 atom stereocenters. The van der Waals surface area contributed by atoms with E-state index >= 15 is 0 Å². The van der Waals surface area contributed by atoms with E-state index in [4.69, 9.17) is 9.47 Å². The zero-order valence-electron chi connectivity index (χ0n) is 19.3. The van der Waals surface area contributed by atoms with E-state index in [0.717, 1.165) is 22.3 Å². The van der Waals surface area contributed by atoms with Gasteiger partial charge in [-0.2, -0.15) is 0 Å². The van der Waals surface area contributed by atoms with E-state index in [1.54, 1.807) is 32.4 Å². The Kier molecular flexibility index (Phi) is 7.70. The molecule has 6 heteroatoms. The number of benzene rings is 3. The van der Waals surface area contributed by atoms with Crippen LogP contribution in [0.15, 0.2) is 95.6 Å². The van der Waals surface area contributed by atoms with E-state index in [9.17, 15) is 4.79 Å². The molecule has 0 spiro atoms. The molecule has 0 bridgehead atoms. The summed E-state index contributed by atoms with van der Waals surface area (Å²) < 4.78 is 14.0. The lowest BCUT2D eigenvalue weighted by Gasteiger charge is -2.24. The molecule has 1 amide bonds. The third-order valence-corrected chi connectivity index (χ3v) is 6.17. The Hall–Kier alpha value is -3.51. The van der Waals surface area contributed by atoms with Gasteiger partial charge in [-0.05, 0) is 47.5 Å². The van der Waals surface area contributed by atoms with Gasteiger partial charge in [0, 0.05) is 41.1 Å². The van der Waals surface area contributed by atoms with Crippen molar-refractivity contribution in [3.63, 3.8) is 0 Å². The lowest BCUT2D eigenvalue weighted by atomic mass is 10.1. The maximum atomic E-state index is 13.7. The highest BCUT2D eigenvalue weighted by Crippen LogP contribution is 2.25.